The molecule has 13 heavy (non-hydrogen) atoms. The highest BCUT2D eigenvalue weighted by atomic mass is 16.7. The van der Waals surface area contributed by atoms with E-state index in [1.165, 1.54) is 25.7 Å². The van der Waals surface area contributed by atoms with Gasteiger partial charge in [0.05, 0.1) is 0 Å². The van der Waals surface area contributed by atoms with E-state index in [1.54, 1.807) is 0 Å². The van der Waals surface area contributed by atoms with Crippen LogP contribution in [0.15, 0.2) is 12.2 Å². The fourth-order valence-corrected chi connectivity index (χ4v) is 1.56. The molecular weight excluding hydrogens is 162 g/mol. The zero-order valence-corrected chi connectivity index (χ0v) is 8.75. The summed E-state index contributed by atoms with van der Waals surface area (Å²) in [7, 11) is 0. The van der Waals surface area contributed by atoms with Crippen molar-refractivity contribution in [2.24, 2.45) is 5.92 Å². The van der Waals surface area contributed by atoms with Gasteiger partial charge < -0.3 is 0 Å². The molecule has 0 spiro atoms. The van der Waals surface area contributed by atoms with Gasteiger partial charge in [-0.15, -0.1) is 0 Å². The SMILES string of the molecule is CCCCCC1C=CC1ONCC. The van der Waals surface area contributed by atoms with Gasteiger partial charge in [-0.05, 0) is 6.42 Å². The quantitative estimate of drug-likeness (QED) is 0.372. The first-order valence-corrected chi connectivity index (χ1v) is 5.45. The van der Waals surface area contributed by atoms with Crippen molar-refractivity contribution in [3.8, 4) is 0 Å². The molecule has 0 bridgehead atoms. The zero-order chi connectivity index (χ0) is 9.52. The Hall–Kier alpha value is -0.340. The van der Waals surface area contributed by atoms with Gasteiger partial charge in [0.15, 0.2) is 0 Å². The van der Waals surface area contributed by atoms with Crippen molar-refractivity contribution in [2.45, 2.75) is 45.6 Å². The molecule has 0 saturated heterocycles. The summed E-state index contributed by atoms with van der Waals surface area (Å²) < 4.78 is 0. The molecule has 0 aliphatic heterocycles. The smallest absolute Gasteiger partial charge is 0.103 e. The van der Waals surface area contributed by atoms with Crippen LogP contribution < -0.4 is 5.48 Å². The first kappa shape index (κ1) is 10.7. The highest BCUT2D eigenvalue weighted by Crippen LogP contribution is 2.26. The zero-order valence-electron chi connectivity index (χ0n) is 8.75. The fourth-order valence-electron chi connectivity index (χ4n) is 1.56. The third-order valence-electron chi connectivity index (χ3n) is 2.47. The van der Waals surface area contributed by atoms with Crippen LogP contribution in [0.4, 0.5) is 0 Å². The van der Waals surface area contributed by atoms with E-state index in [0.29, 0.717) is 12.0 Å². The van der Waals surface area contributed by atoms with Gasteiger partial charge in [0.2, 0.25) is 0 Å². The minimum Gasteiger partial charge on any atom is -0.294 e. The molecule has 0 aromatic rings. The number of hydroxylamine groups is 1. The topological polar surface area (TPSA) is 21.3 Å². The average Bonchev–Trinajstić information content (AvgIpc) is 2.11. The highest BCUT2D eigenvalue weighted by molar-refractivity contribution is 5.10. The molecule has 2 nitrogen and oxygen atoms in total. The molecule has 0 heterocycles. The fraction of sp³-hybridized carbons (Fsp3) is 0.818. The Bertz CT molecular complexity index is 156. The van der Waals surface area contributed by atoms with Crippen molar-refractivity contribution in [1.82, 2.24) is 5.48 Å². The van der Waals surface area contributed by atoms with Crippen LogP contribution in [0.25, 0.3) is 0 Å². The van der Waals surface area contributed by atoms with Gasteiger partial charge in [-0.3, -0.25) is 4.84 Å². The lowest BCUT2D eigenvalue weighted by molar-refractivity contribution is -0.0297. The molecule has 0 radical (unpaired) electrons. The third-order valence-corrected chi connectivity index (χ3v) is 2.47. The summed E-state index contributed by atoms with van der Waals surface area (Å²) >= 11 is 0. The van der Waals surface area contributed by atoms with Crippen molar-refractivity contribution < 1.29 is 4.84 Å². The van der Waals surface area contributed by atoms with E-state index in [1.807, 2.05) is 0 Å². The molecule has 1 aliphatic rings. The van der Waals surface area contributed by atoms with Crippen molar-refractivity contribution in [2.75, 3.05) is 6.54 Å². The first-order valence-electron chi connectivity index (χ1n) is 5.45. The Labute approximate surface area is 81.3 Å². The normalized spacial score (nSPS) is 26.0. The summed E-state index contributed by atoms with van der Waals surface area (Å²) in [5.41, 5.74) is 2.92. The summed E-state index contributed by atoms with van der Waals surface area (Å²) in [4.78, 5) is 5.43. The Morgan fingerprint density at radius 2 is 2.08 bits per heavy atom. The maximum atomic E-state index is 5.43. The molecule has 0 amide bonds. The van der Waals surface area contributed by atoms with Crippen molar-refractivity contribution in [3.63, 3.8) is 0 Å². The van der Waals surface area contributed by atoms with Gasteiger partial charge >= 0.3 is 0 Å². The number of unbranched alkanes of at least 4 members (excludes halogenated alkanes) is 2. The van der Waals surface area contributed by atoms with Crippen molar-refractivity contribution in [1.29, 1.82) is 0 Å². The Kier molecular flexibility index (Phi) is 5.09. The van der Waals surface area contributed by atoms with Gasteiger partial charge in [-0.1, -0.05) is 45.3 Å². The lowest BCUT2D eigenvalue weighted by Crippen LogP contribution is -2.33. The Morgan fingerprint density at radius 3 is 2.62 bits per heavy atom. The van der Waals surface area contributed by atoms with Crippen LogP contribution in [0.1, 0.15) is 39.5 Å². The maximum absolute atomic E-state index is 5.43. The van der Waals surface area contributed by atoms with Crippen LogP contribution >= 0.6 is 0 Å². The van der Waals surface area contributed by atoms with Gasteiger partial charge in [0.25, 0.3) is 0 Å². The van der Waals surface area contributed by atoms with E-state index in [-0.39, 0.29) is 0 Å². The molecule has 1 rings (SSSR count). The van der Waals surface area contributed by atoms with E-state index in [4.69, 9.17) is 4.84 Å². The molecule has 1 aliphatic carbocycles. The lowest BCUT2D eigenvalue weighted by atomic mass is 9.87. The maximum Gasteiger partial charge on any atom is 0.103 e. The second-order valence-corrected chi connectivity index (χ2v) is 3.62. The highest BCUT2D eigenvalue weighted by Gasteiger charge is 2.24. The van der Waals surface area contributed by atoms with E-state index in [0.717, 1.165) is 6.54 Å². The standard InChI is InChI=1S/C11H21NO/c1-3-5-6-7-10-8-9-11(10)13-12-4-2/h8-12H,3-7H2,1-2H3. The number of nitrogens with one attached hydrogen (secondary N) is 1. The van der Waals surface area contributed by atoms with Crippen LogP contribution in [0.3, 0.4) is 0 Å². The molecule has 2 unspecified atom stereocenters. The second-order valence-electron chi connectivity index (χ2n) is 3.62. The summed E-state index contributed by atoms with van der Waals surface area (Å²) in [6, 6.07) is 0. The van der Waals surface area contributed by atoms with E-state index in [2.05, 4.69) is 31.5 Å². The molecule has 0 aromatic heterocycles. The molecule has 0 fully saturated rings. The van der Waals surface area contributed by atoms with Gasteiger partial charge in [-0.2, -0.15) is 0 Å². The van der Waals surface area contributed by atoms with Gasteiger partial charge in [0, 0.05) is 12.5 Å². The van der Waals surface area contributed by atoms with Gasteiger partial charge in [-0.25, -0.2) is 5.48 Å². The molecular formula is C11H21NO. The van der Waals surface area contributed by atoms with Crippen molar-refractivity contribution in [3.05, 3.63) is 12.2 Å². The van der Waals surface area contributed by atoms with Crippen molar-refractivity contribution >= 4 is 0 Å². The minimum atomic E-state index is 0.330. The molecule has 76 valence electrons. The Balaban J connectivity index is 2.04. The summed E-state index contributed by atoms with van der Waals surface area (Å²) in [6.45, 7) is 5.17. The first-order chi connectivity index (χ1) is 6.38. The van der Waals surface area contributed by atoms with E-state index < -0.39 is 0 Å². The third kappa shape index (κ3) is 3.49. The predicted molar refractivity (Wildman–Crippen MR) is 55.3 cm³/mol. The van der Waals surface area contributed by atoms with E-state index >= 15 is 0 Å². The molecule has 0 aromatic carbocycles. The van der Waals surface area contributed by atoms with Gasteiger partial charge in [0.1, 0.15) is 6.10 Å². The summed E-state index contributed by atoms with van der Waals surface area (Å²) in [5.74, 6) is 0.658. The Morgan fingerprint density at radius 1 is 1.23 bits per heavy atom. The van der Waals surface area contributed by atoms with Crippen LogP contribution in [-0.4, -0.2) is 12.6 Å². The lowest BCUT2D eigenvalue weighted by Gasteiger charge is -2.28. The second kappa shape index (κ2) is 6.17. The number of hydrogen-bond acceptors (Lipinski definition) is 2. The summed E-state index contributed by atoms with van der Waals surface area (Å²) in [5, 5.41) is 0. The molecule has 2 atom stereocenters. The minimum absolute atomic E-state index is 0.330. The van der Waals surface area contributed by atoms with Crippen LogP contribution in [0, 0.1) is 5.92 Å². The molecule has 1 N–H and O–H groups in total. The monoisotopic (exact) mass is 183 g/mol. The average molecular weight is 183 g/mol. The number of rotatable bonds is 7. The van der Waals surface area contributed by atoms with E-state index in [9.17, 15) is 0 Å². The molecule has 2 heteroatoms. The largest absolute Gasteiger partial charge is 0.294 e. The van der Waals surface area contributed by atoms with Crippen LogP contribution in [-0.2, 0) is 4.84 Å². The predicted octanol–water partition coefficient (Wildman–Crippen LogP) is 2.66. The summed E-state index contributed by atoms with van der Waals surface area (Å²) in [6.07, 6.45) is 9.99. The molecule has 0 saturated carbocycles. The number of hydrogen-bond donors (Lipinski definition) is 1. The van der Waals surface area contributed by atoms with Crippen LogP contribution in [0.5, 0.6) is 0 Å². The van der Waals surface area contributed by atoms with Crippen LogP contribution in [0.2, 0.25) is 0 Å².